The second kappa shape index (κ2) is 7.35. The fourth-order valence-electron chi connectivity index (χ4n) is 1.65. The Morgan fingerprint density at radius 2 is 1.95 bits per heavy atom. The van der Waals surface area contributed by atoms with Crippen molar-refractivity contribution in [3.63, 3.8) is 0 Å². The van der Waals surface area contributed by atoms with Crippen molar-refractivity contribution in [3.8, 4) is 5.75 Å². The van der Waals surface area contributed by atoms with Crippen LogP contribution in [0.1, 0.15) is 24.4 Å². The van der Waals surface area contributed by atoms with Crippen LogP contribution in [-0.2, 0) is 4.74 Å². The molecule has 0 aliphatic rings. The van der Waals surface area contributed by atoms with E-state index in [0.717, 1.165) is 5.56 Å². The summed E-state index contributed by atoms with van der Waals surface area (Å²) >= 11 is 0. The zero-order chi connectivity index (χ0) is 14.3. The van der Waals surface area contributed by atoms with Crippen molar-refractivity contribution in [3.05, 3.63) is 29.8 Å². The molecule has 19 heavy (non-hydrogen) atoms. The summed E-state index contributed by atoms with van der Waals surface area (Å²) in [5, 5.41) is 0. The van der Waals surface area contributed by atoms with E-state index in [1.165, 1.54) is 7.11 Å². The van der Waals surface area contributed by atoms with E-state index in [2.05, 4.69) is 0 Å². The Bertz CT molecular complexity index is 382. The molecule has 0 fully saturated rings. The minimum atomic E-state index is -4.13. The SMILES string of the molecule is COc1ccccc1C(N)COCCCC(F)(F)F. The third-order valence-electron chi connectivity index (χ3n) is 2.58. The molecule has 6 heteroatoms. The van der Waals surface area contributed by atoms with Crippen LogP contribution in [0.4, 0.5) is 13.2 Å². The van der Waals surface area contributed by atoms with Crippen LogP contribution in [0.15, 0.2) is 24.3 Å². The predicted octanol–water partition coefficient (Wildman–Crippen LogP) is 3.05. The lowest BCUT2D eigenvalue weighted by Crippen LogP contribution is -2.19. The molecule has 0 heterocycles. The monoisotopic (exact) mass is 277 g/mol. The number of rotatable bonds is 7. The fourth-order valence-corrected chi connectivity index (χ4v) is 1.65. The van der Waals surface area contributed by atoms with E-state index in [-0.39, 0.29) is 19.6 Å². The van der Waals surface area contributed by atoms with Crippen molar-refractivity contribution < 1.29 is 22.6 Å². The highest BCUT2D eigenvalue weighted by molar-refractivity contribution is 5.35. The lowest BCUT2D eigenvalue weighted by Gasteiger charge is -2.16. The molecule has 1 atom stereocenters. The Kier molecular flexibility index (Phi) is 6.11. The maximum absolute atomic E-state index is 11.9. The van der Waals surface area contributed by atoms with Crippen LogP contribution >= 0.6 is 0 Å². The van der Waals surface area contributed by atoms with Gasteiger partial charge in [-0.15, -0.1) is 0 Å². The van der Waals surface area contributed by atoms with Gasteiger partial charge in [0.05, 0.1) is 19.8 Å². The quantitative estimate of drug-likeness (QED) is 0.779. The molecule has 2 N–H and O–H groups in total. The summed E-state index contributed by atoms with van der Waals surface area (Å²) in [6, 6.07) is 6.81. The van der Waals surface area contributed by atoms with E-state index >= 15 is 0 Å². The predicted molar refractivity (Wildman–Crippen MR) is 66.0 cm³/mol. The van der Waals surface area contributed by atoms with Crippen LogP contribution in [0.5, 0.6) is 5.75 Å². The first-order chi connectivity index (χ1) is 8.94. The highest BCUT2D eigenvalue weighted by Gasteiger charge is 2.26. The standard InChI is InChI=1S/C13H18F3NO2/c1-18-12-6-3-2-5-10(12)11(17)9-19-8-4-7-13(14,15)16/h2-3,5-6,11H,4,7-9,17H2,1H3. The van der Waals surface area contributed by atoms with Crippen molar-refractivity contribution in [2.45, 2.75) is 25.1 Å². The van der Waals surface area contributed by atoms with Crippen LogP contribution in [0, 0.1) is 0 Å². The van der Waals surface area contributed by atoms with Gasteiger partial charge in [0.1, 0.15) is 5.75 Å². The van der Waals surface area contributed by atoms with Gasteiger partial charge in [-0.3, -0.25) is 0 Å². The number of ether oxygens (including phenoxy) is 2. The number of benzene rings is 1. The van der Waals surface area contributed by atoms with Gasteiger partial charge in [-0.1, -0.05) is 18.2 Å². The van der Waals surface area contributed by atoms with Gasteiger partial charge in [-0.2, -0.15) is 13.2 Å². The summed E-state index contributed by atoms with van der Waals surface area (Å²) in [6.07, 6.45) is -5.02. The largest absolute Gasteiger partial charge is 0.496 e. The number of nitrogens with two attached hydrogens (primary N) is 1. The molecule has 0 radical (unpaired) electrons. The first-order valence-corrected chi connectivity index (χ1v) is 5.97. The molecule has 0 aliphatic heterocycles. The summed E-state index contributed by atoms with van der Waals surface area (Å²) in [6.45, 7) is 0.209. The van der Waals surface area contributed by atoms with E-state index in [1.54, 1.807) is 6.07 Å². The van der Waals surface area contributed by atoms with Gasteiger partial charge in [-0.05, 0) is 12.5 Å². The zero-order valence-corrected chi connectivity index (χ0v) is 10.7. The Morgan fingerprint density at radius 1 is 1.26 bits per heavy atom. The van der Waals surface area contributed by atoms with E-state index in [1.807, 2.05) is 18.2 Å². The molecule has 0 amide bonds. The molecule has 0 saturated heterocycles. The van der Waals surface area contributed by atoms with Crippen molar-refractivity contribution in [1.82, 2.24) is 0 Å². The van der Waals surface area contributed by atoms with Gasteiger partial charge in [0.2, 0.25) is 0 Å². The molecule has 3 nitrogen and oxygen atoms in total. The number of methoxy groups -OCH3 is 1. The molecule has 0 saturated carbocycles. The maximum atomic E-state index is 11.9. The summed E-state index contributed by atoms with van der Waals surface area (Å²) in [5.74, 6) is 0.647. The van der Waals surface area contributed by atoms with Gasteiger partial charge in [0, 0.05) is 18.6 Å². The molecule has 0 aliphatic carbocycles. The molecular formula is C13H18F3NO2. The van der Waals surface area contributed by atoms with E-state index in [9.17, 15) is 13.2 Å². The average Bonchev–Trinajstić information content (AvgIpc) is 2.36. The Balaban J connectivity index is 2.33. The normalized spacial score (nSPS) is 13.3. The first kappa shape index (κ1) is 15.8. The maximum Gasteiger partial charge on any atom is 0.389 e. The van der Waals surface area contributed by atoms with Gasteiger partial charge < -0.3 is 15.2 Å². The van der Waals surface area contributed by atoms with Crippen molar-refractivity contribution in [2.24, 2.45) is 5.73 Å². The average molecular weight is 277 g/mol. The molecule has 1 rings (SSSR count). The minimum Gasteiger partial charge on any atom is -0.496 e. The Hall–Kier alpha value is -1.27. The minimum absolute atomic E-state index is 0.0440. The van der Waals surface area contributed by atoms with Crippen LogP contribution < -0.4 is 10.5 Å². The molecule has 1 aromatic rings. The highest BCUT2D eigenvalue weighted by Crippen LogP contribution is 2.24. The number of hydrogen-bond donors (Lipinski definition) is 1. The molecule has 1 unspecified atom stereocenters. The molecule has 0 bridgehead atoms. The third kappa shape index (κ3) is 5.94. The van der Waals surface area contributed by atoms with E-state index in [0.29, 0.717) is 5.75 Å². The van der Waals surface area contributed by atoms with Crippen LogP contribution in [0.25, 0.3) is 0 Å². The number of halogens is 3. The highest BCUT2D eigenvalue weighted by atomic mass is 19.4. The molecule has 0 aromatic heterocycles. The van der Waals surface area contributed by atoms with Gasteiger partial charge in [0.25, 0.3) is 0 Å². The van der Waals surface area contributed by atoms with Crippen molar-refractivity contribution in [1.29, 1.82) is 0 Å². The fraction of sp³-hybridized carbons (Fsp3) is 0.538. The number of para-hydroxylation sites is 1. The lowest BCUT2D eigenvalue weighted by molar-refractivity contribution is -0.137. The second-order valence-corrected chi connectivity index (χ2v) is 4.14. The van der Waals surface area contributed by atoms with Crippen LogP contribution in [-0.4, -0.2) is 26.5 Å². The third-order valence-corrected chi connectivity index (χ3v) is 2.58. The van der Waals surface area contributed by atoms with Crippen molar-refractivity contribution >= 4 is 0 Å². The molecule has 1 aromatic carbocycles. The van der Waals surface area contributed by atoms with Crippen molar-refractivity contribution in [2.75, 3.05) is 20.3 Å². The summed E-state index contributed by atoms with van der Waals surface area (Å²) in [7, 11) is 1.54. The van der Waals surface area contributed by atoms with Crippen LogP contribution in [0.3, 0.4) is 0 Å². The topological polar surface area (TPSA) is 44.5 Å². The van der Waals surface area contributed by atoms with Gasteiger partial charge >= 0.3 is 6.18 Å². The zero-order valence-electron chi connectivity index (χ0n) is 10.7. The molecule has 108 valence electrons. The Morgan fingerprint density at radius 3 is 2.58 bits per heavy atom. The van der Waals surface area contributed by atoms with Gasteiger partial charge in [-0.25, -0.2) is 0 Å². The van der Waals surface area contributed by atoms with Crippen LogP contribution in [0.2, 0.25) is 0 Å². The number of hydrogen-bond acceptors (Lipinski definition) is 3. The number of alkyl halides is 3. The summed E-state index contributed by atoms with van der Waals surface area (Å²) in [5.41, 5.74) is 6.69. The van der Waals surface area contributed by atoms with E-state index in [4.69, 9.17) is 15.2 Å². The van der Waals surface area contributed by atoms with E-state index < -0.39 is 18.6 Å². The Labute approximate surface area is 110 Å². The molecule has 0 spiro atoms. The lowest BCUT2D eigenvalue weighted by atomic mass is 10.1. The van der Waals surface area contributed by atoms with Gasteiger partial charge in [0.15, 0.2) is 0 Å². The summed E-state index contributed by atoms with van der Waals surface area (Å²) < 4.78 is 46.0. The summed E-state index contributed by atoms with van der Waals surface area (Å²) in [4.78, 5) is 0. The first-order valence-electron chi connectivity index (χ1n) is 5.97. The smallest absolute Gasteiger partial charge is 0.389 e. The second-order valence-electron chi connectivity index (χ2n) is 4.14. The molecular weight excluding hydrogens is 259 g/mol.